The molecule has 16 heavy (non-hydrogen) atoms. The standard InChI is InChI=1S/C11H19N3O2/c12-9-5-7-14(11(9)16)6-1-2-10(15)13-8-3-4-8/h8-9H,1-7,12H2,(H,13,15). The fourth-order valence-corrected chi connectivity index (χ4v) is 1.94. The van der Waals surface area contributed by atoms with Crippen LogP contribution in [0, 0.1) is 0 Å². The molecule has 2 aliphatic rings. The highest BCUT2D eigenvalue weighted by Crippen LogP contribution is 2.18. The molecule has 90 valence electrons. The van der Waals surface area contributed by atoms with Crippen LogP contribution >= 0.6 is 0 Å². The van der Waals surface area contributed by atoms with E-state index in [4.69, 9.17) is 5.73 Å². The van der Waals surface area contributed by atoms with Gasteiger partial charge in [0.2, 0.25) is 11.8 Å². The summed E-state index contributed by atoms with van der Waals surface area (Å²) in [5, 5.41) is 2.93. The minimum absolute atomic E-state index is 0.0302. The molecule has 2 amide bonds. The number of nitrogens with zero attached hydrogens (tertiary/aromatic N) is 1. The van der Waals surface area contributed by atoms with E-state index in [1.165, 1.54) is 0 Å². The van der Waals surface area contributed by atoms with E-state index < -0.39 is 0 Å². The maximum absolute atomic E-state index is 11.5. The van der Waals surface area contributed by atoms with Crippen LogP contribution in [-0.2, 0) is 9.59 Å². The summed E-state index contributed by atoms with van der Waals surface area (Å²) in [4.78, 5) is 24.6. The Morgan fingerprint density at radius 3 is 2.75 bits per heavy atom. The minimum Gasteiger partial charge on any atom is -0.353 e. The average molecular weight is 225 g/mol. The van der Waals surface area contributed by atoms with E-state index in [0.29, 0.717) is 19.0 Å². The lowest BCUT2D eigenvalue weighted by atomic mass is 10.2. The molecule has 3 N–H and O–H groups in total. The van der Waals surface area contributed by atoms with Gasteiger partial charge in [-0.1, -0.05) is 0 Å². The smallest absolute Gasteiger partial charge is 0.239 e. The number of amides is 2. The Hall–Kier alpha value is -1.10. The SMILES string of the molecule is NC1CCN(CCCC(=O)NC2CC2)C1=O. The zero-order valence-corrected chi connectivity index (χ0v) is 9.45. The molecule has 0 spiro atoms. The van der Waals surface area contributed by atoms with Crippen molar-refractivity contribution in [2.24, 2.45) is 5.73 Å². The topological polar surface area (TPSA) is 75.4 Å². The van der Waals surface area contributed by atoms with Gasteiger partial charge in [0.1, 0.15) is 0 Å². The minimum atomic E-state index is -0.319. The lowest BCUT2D eigenvalue weighted by Crippen LogP contribution is -2.35. The molecule has 0 aromatic rings. The van der Waals surface area contributed by atoms with Crippen LogP contribution in [0.15, 0.2) is 0 Å². The Morgan fingerprint density at radius 1 is 1.44 bits per heavy atom. The van der Waals surface area contributed by atoms with Crippen molar-refractivity contribution in [3.63, 3.8) is 0 Å². The van der Waals surface area contributed by atoms with E-state index in [1.54, 1.807) is 4.90 Å². The van der Waals surface area contributed by atoms with E-state index in [2.05, 4.69) is 5.32 Å². The van der Waals surface area contributed by atoms with Crippen molar-refractivity contribution < 1.29 is 9.59 Å². The van der Waals surface area contributed by atoms with Crippen LogP contribution in [0.2, 0.25) is 0 Å². The molecule has 2 fully saturated rings. The molecule has 2 rings (SSSR count). The van der Waals surface area contributed by atoms with Crippen LogP contribution in [0.25, 0.3) is 0 Å². The molecule has 0 radical (unpaired) electrons. The monoisotopic (exact) mass is 225 g/mol. The lowest BCUT2D eigenvalue weighted by molar-refractivity contribution is -0.129. The maximum atomic E-state index is 11.5. The van der Waals surface area contributed by atoms with E-state index in [0.717, 1.165) is 32.2 Å². The second kappa shape index (κ2) is 4.82. The number of rotatable bonds is 5. The number of carbonyl (C=O) groups is 2. The molecule has 1 heterocycles. The maximum Gasteiger partial charge on any atom is 0.239 e. The van der Waals surface area contributed by atoms with Gasteiger partial charge in [-0.2, -0.15) is 0 Å². The van der Waals surface area contributed by atoms with Crippen molar-refractivity contribution in [3.05, 3.63) is 0 Å². The van der Waals surface area contributed by atoms with Gasteiger partial charge < -0.3 is 16.0 Å². The van der Waals surface area contributed by atoms with Crippen LogP contribution in [-0.4, -0.2) is 41.9 Å². The predicted molar refractivity (Wildman–Crippen MR) is 59.6 cm³/mol. The Bertz CT molecular complexity index is 289. The van der Waals surface area contributed by atoms with Crippen LogP contribution in [0.3, 0.4) is 0 Å². The van der Waals surface area contributed by atoms with Crippen LogP contribution in [0.5, 0.6) is 0 Å². The summed E-state index contributed by atoms with van der Waals surface area (Å²) in [6, 6.07) is 0.106. The third-order valence-electron chi connectivity index (χ3n) is 3.11. The first-order valence-corrected chi connectivity index (χ1v) is 6.00. The van der Waals surface area contributed by atoms with Gasteiger partial charge in [-0.05, 0) is 25.7 Å². The average Bonchev–Trinajstić information content (AvgIpc) is 3.00. The molecule has 1 saturated carbocycles. The van der Waals surface area contributed by atoms with Crippen molar-refractivity contribution in [2.45, 2.75) is 44.2 Å². The normalized spacial score (nSPS) is 24.9. The van der Waals surface area contributed by atoms with E-state index in [1.807, 2.05) is 0 Å². The zero-order chi connectivity index (χ0) is 11.5. The summed E-state index contributed by atoms with van der Waals surface area (Å²) in [7, 11) is 0. The summed E-state index contributed by atoms with van der Waals surface area (Å²) in [5.41, 5.74) is 5.60. The molecule has 1 aliphatic heterocycles. The first-order valence-electron chi connectivity index (χ1n) is 6.00. The Kier molecular flexibility index (Phi) is 3.43. The number of carbonyl (C=O) groups excluding carboxylic acids is 2. The number of likely N-dealkylation sites (tertiary alicyclic amines) is 1. The molecule has 0 aromatic heterocycles. The van der Waals surface area contributed by atoms with E-state index in [9.17, 15) is 9.59 Å². The molecule has 5 nitrogen and oxygen atoms in total. The number of nitrogens with two attached hydrogens (primary N) is 1. The molecular formula is C11H19N3O2. The highest BCUT2D eigenvalue weighted by Gasteiger charge is 2.28. The van der Waals surface area contributed by atoms with Gasteiger partial charge in [-0.25, -0.2) is 0 Å². The summed E-state index contributed by atoms with van der Waals surface area (Å²) in [5.74, 6) is 0.140. The summed E-state index contributed by atoms with van der Waals surface area (Å²) >= 11 is 0. The summed E-state index contributed by atoms with van der Waals surface area (Å²) in [6.07, 6.45) is 4.22. The first kappa shape index (κ1) is 11.4. The molecule has 1 atom stereocenters. The van der Waals surface area contributed by atoms with Crippen molar-refractivity contribution in [1.29, 1.82) is 0 Å². The zero-order valence-electron chi connectivity index (χ0n) is 9.45. The van der Waals surface area contributed by atoms with Crippen LogP contribution in [0.1, 0.15) is 32.1 Å². The lowest BCUT2D eigenvalue weighted by Gasteiger charge is -2.15. The fourth-order valence-electron chi connectivity index (χ4n) is 1.94. The molecule has 0 bridgehead atoms. The Labute approximate surface area is 95.3 Å². The highest BCUT2D eigenvalue weighted by molar-refractivity contribution is 5.83. The first-order chi connectivity index (χ1) is 7.66. The van der Waals surface area contributed by atoms with Gasteiger partial charge in [0.25, 0.3) is 0 Å². The molecule has 5 heteroatoms. The summed E-state index contributed by atoms with van der Waals surface area (Å²) in [6.45, 7) is 1.40. The van der Waals surface area contributed by atoms with E-state index >= 15 is 0 Å². The van der Waals surface area contributed by atoms with Crippen molar-refractivity contribution in [3.8, 4) is 0 Å². The van der Waals surface area contributed by atoms with Crippen molar-refractivity contribution >= 4 is 11.8 Å². The number of hydrogen-bond acceptors (Lipinski definition) is 3. The van der Waals surface area contributed by atoms with Gasteiger partial charge in [0, 0.05) is 25.6 Å². The van der Waals surface area contributed by atoms with Crippen LogP contribution in [0.4, 0.5) is 0 Å². The summed E-state index contributed by atoms with van der Waals surface area (Å²) < 4.78 is 0. The molecular weight excluding hydrogens is 206 g/mol. The van der Waals surface area contributed by atoms with Gasteiger partial charge in [-0.3, -0.25) is 9.59 Å². The molecule has 1 unspecified atom stereocenters. The third kappa shape index (κ3) is 2.95. The molecule has 0 aromatic carbocycles. The van der Waals surface area contributed by atoms with Crippen molar-refractivity contribution in [1.82, 2.24) is 10.2 Å². The quantitative estimate of drug-likeness (QED) is 0.669. The van der Waals surface area contributed by atoms with Gasteiger partial charge in [0.15, 0.2) is 0 Å². The Balaban J connectivity index is 1.60. The molecule has 1 saturated heterocycles. The van der Waals surface area contributed by atoms with Gasteiger partial charge in [0.05, 0.1) is 6.04 Å². The van der Waals surface area contributed by atoms with Crippen molar-refractivity contribution in [2.75, 3.05) is 13.1 Å². The molecule has 1 aliphatic carbocycles. The predicted octanol–water partition coefficient (Wildman–Crippen LogP) is -0.395. The van der Waals surface area contributed by atoms with Gasteiger partial charge in [-0.15, -0.1) is 0 Å². The Morgan fingerprint density at radius 2 is 2.19 bits per heavy atom. The third-order valence-corrected chi connectivity index (χ3v) is 3.11. The second-order valence-corrected chi connectivity index (χ2v) is 4.67. The highest BCUT2D eigenvalue weighted by atomic mass is 16.2. The largest absolute Gasteiger partial charge is 0.353 e. The second-order valence-electron chi connectivity index (χ2n) is 4.67. The number of hydrogen-bond donors (Lipinski definition) is 2. The van der Waals surface area contributed by atoms with Crippen LogP contribution < -0.4 is 11.1 Å². The fraction of sp³-hybridized carbons (Fsp3) is 0.818. The van der Waals surface area contributed by atoms with E-state index in [-0.39, 0.29) is 17.9 Å². The number of nitrogens with one attached hydrogen (secondary N) is 1. The van der Waals surface area contributed by atoms with Gasteiger partial charge >= 0.3 is 0 Å².